The highest BCUT2D eigenvalue weighted by Crippen LogP contribution is 2.41. The van der Waals surface area contributed by atoms with Crippen LogP contribution in [0.5, 0.6) is 0 Å². The number of hydrogen-bond donors (Lipinski definition) is 4. The van der Waals surface area contributed by atoms with Gasteiger partial charge in [0.1, 0.15) is 23.7 Å². The number of carbonyl (C=O) groups is 4. The van der Waals surface area contributed by atoms with E-state index in [2.05, 4.69) is 20.8 Å². The third-order valence-electron chi connectivity index (χ3n) is 5.28. The first kappa shape index (κ1) is 26.0. The molecule has 4 rings (SSSR count). The van der Waals surface area contributed by atoms with Crippen LogP contribution in [0.2, 0.25) is 0 Å². The standard InChI is InChI=1S/C20H21N7O6S3/c21-5-10-3-1-2-4-12(10)34-9-13(28)22-15-17(31)27-16(19(32)33)11(7-35-18(15)27)8-36-20-23-24-25-26(20)6-14(29)30/h1-4,15,18H,5-9,21H2,(H,22,28)(H,29,30)(H,32,33)/t15?,18-/m1/s1. The fraction of sp³-hybridized carbons (Fsp3) is 0.350. The minimum atomic E-state index is -1.26. The molecule has 2 aromatic rings. The van der Waals surface area contributed by atoms with E-state index in [0.717, 1.165) is 26.9 Å². The molecule has 1 aromatic heterocycles. The third-order valence-corrected chi connectivity index (χ3v) is 8.78. The van der Waals surface area contributed by atoms with Gasteiger partial charge in [0.05, 0.1) is 5.75 Å². The summed E-state index contributed by atoms with van der Waals surface area (Å²) in [6.45, 7) is -0.0853. The predicted octanol–water partition coefficient (Wildman–Crippen LogP) is -0.161. The lowest BCUT2D eigenvalue weighted by Gasteiger charge is -2.49. The molecule has 2 amide bonds. The average Bonchev–Trinajstić information content (AvgIpc) is 3.30. The summed E-state index contributed by atoms with van der Waals surface area (Å²) < 4.78 is 1.09. The lowest BCUT2D eigenvalue weighted by Crippen LogP contribution is -2.70. The van der Waals surface area contributed by atoms with Gasteiger partial charge in [-0.05, 0) is 27.6 Å². The molecular weight excluding hydrogens is 530 g/mol. The summed E-state index contributed by atoms with van der Waals surface area (Å²) in [5.41, 5.74) is 6.99. The van der Waals surface area contributed by atoms with Crippen molar-refractivity contribution in [2.75, 3.05) is 17.3 Å². The van der Waals surface area contributed by atoms with Crippen molar-refractivity contribution in [2.24, 2.45) is 5.73 Å². The van der Waals surface area contributed by atoms with Gasteiger partial charge in [0.2, 0.25) is 11.1 Å². The van der Waals surface area contributed by atoms with Crippen LogP contribution in [0.4, 0.5) is 0 Å². The number of nitrogens with zero attached hydrogens (tertiary/aromatic N) is 5. The average molecular weight is 552 g/mol. The van der Waals surface area contributed by atoms with Gasteiger partial charge in [0, 0.05) is 22.9 Å². The lowest BCUT2D eigenvalue weighted by atomic mass is 10.0. The number of nitrogens with one attached hydrogen (secondary N) is 1. The normalized spacial score (nSPS) is 19.0. The summed E-state index contributed by atoms with van der Waals surface area (Å²) >= 11 is 3.75. The first-order valence-corrected chi connectivity index (χ1v) is 13.5. The van der Waals surface area contributed by atoms with E-state index in [-0.39, 0.29) is 28.3 Å². The molecule has 0 aliphatic carbocycles. The number of rotatable bonds is 11. The van der Waals surface area contributed by atoms with Gasteiger partial charge in [-0.15, -0.1) is 28.6 Å². The molecule has 1 unspecified atom stereocenters. The van der Waals surface area contributed by atoms with Crippen LogP contribution in [0.1, 0.15) is 5.56 Å². The van der Waals surface area contributed by atoms with Crippen molar-refractivity contribution in [2.45, 2.75) is 34.6 Å². The number of hydrogen-bond acceptors (Lipinski definition) is 11. The molecule has 0 spiro atoms. The van der Waals surface area contributed by atoms with Crippen molar-refractivity contribution in [3.63, 3.8) is 0 Å². The molecular formula is C20H21N7O6S3. The maximum Gasteiger partial charge on any atom is 0.352 e. The molecule has 1 aromatic carbocycles. The van der Waals surface area contributed by atoms with Crippen LogP contribution in [-0.2, 0) is 32.3 Å². The van der Waals surface area contributed by atoms with Crippen LogP contribution in [0, 0.1) is 0 Å². The second-order valence-electron chi connectivity index (χ2n) is 7.61. The van der Waals surface area contributed by atoms with E-state index in [0.29, 0.717) is 17.9 Å². The van der Waals surface area contributed by atoms with Crippen molar-refractivity contribution in [1.29, 1.82) is 0 Å². The van der Waals surface area contributed by atoms with Gasteiger partial charge in [-0.3, -0.25) is 19.3 Å². The molecule has 13 nitrogen and oxygen atoms in total. The van der Waals surface area contributed by atoms with E-state index < -0.39 is 35.8 Å². The van der Waals surface area contributed by atoms with Gasteiger partial charge in [-0.1, -0.05) is 30.0 Å². The summed E-state index contributed by atoms with van der Waals surface area (Å²) in [5, 5.41) is 32.0. The van der Waals surface area contributed by atoms with Crippen molar-refractivity contribution in [3.8, 4) is 0 Å². The molecule has 0 bridgehead atoms. The maximum absolute atomic E-state index is 12.8. The zero-order valence-electron chi connectivity index (χ0n) is 18.6. The molecule has 5 N–H and O–H groups in total. The quantitative estimate of drug-likeness (QED) is 0.213. The third kappa shape index (κ3) is 5.50. The van der Waals surface area contributed by atoms with Crippen molar-refractivity contribution in [1.82, 2.24) is 30.4 Å². The molecule has 2 aliphatic rings. The number of thioether (sulfide) groups is 3. The van der Waals surface area contributed by atoms with Crippen LogP contribution in [0.15, 0.2) is 45.6 Å². The minimum Gasteiger partial charge on any atom is -0.480 e. The van der Waals surface area contributed by atoms with Crippen LogP contribution in [0.25, 0.3) is 0 Å². The first-order chi connectivity index (χ1) is 17.3. The second kappa shape index (κ2) is 11.3. The number of benzene rings is 1. The summed E-state index contributed by atoms with van der Waals surface area (Å²) in [7, 11) is 0. The number of carboxylic acid groups (broad SMARTS) is 2. The molecule has 3 heterocycles. The monoisotopic (exact) mass is 551 g/mol. The predicted molar refractivity (Wildman–Crippen MR) is 131 cm³/mol. The van der Waals surface area contributed by atoms with Crippen LogP contribution in [0.3, 0.4) is 0 Å². The second-order valence-corrected chi connectivity index (χ2v) is 10.7. The Bertz CT molecular complexity index is 1240. The van der Waals surface area contributed by atoms with E-state index in [1.165, 1.54) is 28.4 Å². The SMILES string of the molecule is NCc1ccccc1SCC(=O)NC1C(=O)N2C(C(=O)O)=C(CSc3nnnn3CC(=O)O)CS[C@H]12. The Hall–Kier alpha value is -3.08. The number of aliphatic carboxylic acids is 2. The number of fused-ring (bicyclic) bond motifs is 1. The van der Waals surface area contributed by atoms with Crippen molar-refractivity contribution >= 4 is 59.0 Å². The fourth-order valence-electron chi connectivity index (χ4n) is 3.64. The highest BCUT2D eigenvalue weighted by Gasteiger charge is 2.54. The largest absolute Gasteiger partial charge is 0.480 e. The zero-order valence-corrected chi connectivity index (χ0v) is 21.0. The highest BCUT2D eigenvalue weighted by molar-refractivity contribution is 8.01. The summed E-state index contributed by atoms with van der Waals surface area (Å²) in [4.78, 5) is 50.4. The Morgan fingerprint density at radius 1 is 1.22 bits per heavy atom. The summed E-state index contributed by atoms with van der Waals surface area (Å²) in [5.74, 6) is -2.65. The molecule has 36 heavy (non-hydrogen) atoms. The molecule has 0 radical (unpaired) electrons. The minimum absolute atomic E-state index is 0.0900. The van der Waals surface area contributed by atoms with E-state index >= 15 is 0 Å². The Morgan fingerprint density at radius 3 is 2.72 bits per heavy atom. The number of tetrazole rings is 1. The van der Waals surface area contributed by atoms with E-state index in [9.17, 15) is 24.3 Å². The summed E-state index contributed by atoms with van der Waals surface area (Å²) in [6.07, 6.45) is 0. The number of carboxylic acids is 2. The number of amides is 2. The topological polar surface area (TPSA) is 194 Å². The molecule has 2 atom stereocenters. The number of aromatic nitrogens is 4. The summed E-state index contributed by atoms with van der Waals surface area (Å²) in [6, 6.07) is 6.66. The smallest absolute Gasteiger partial charge is 0.352 e. The zero-order chi connectivity index (χ0) is 25.8. The van der Waals surface area contributed by atoms with Gasteiger partial charge in [-0.2, -0.15) is 0 Å². The molecule has 190 valence electrons. The van der Waals surface area contributed by atoms with Crippen LogP contribution in [-0.4, -0.2) is 87.7 Å². The molecule has 2 aliphatic heterocycles. The molecule has 16 heteroatoms. The number of nitrogens with two attached hydrogens (primary N) is 1. The lowest BCUT2D eigenvalue weighted by molar-refractivity contribution is -0.150. The highest BCUT2D eigenvalue weighted by atomic mass is 32.2. The number of carbonyl (C=O) groups excluding carboxylic acids is 2. The Labute approximate surface area is 217 Å². The van der Waals surface area contributed by atoms with E-state index in [1.807, 2.05) is 24.3 Å². The first-order valence-electron chi connectivity index (χ1n) is 10.5. The Balaban J connectivity index is 1.39. The molecule has 1 saturated heterocycles. The Kier molecular flexibility index (Phi) is 8.17. The van der Waals surface area contributed by atoms with Gasteiger partial charge >= 0.3 is 11.9 Å². The maximum atomic E-state index is 12.8. The van der Waals surface area contributed by atoms with Crippen LogP contribution < -0.4 is 11.1 Å². The Morgan fingerprint density at radius 2 is 2.00 bits per heavy atom. The van der Waals surface area contributed by atoms with Gasteiger partial charge < -0.3 is 21.3 Å². The fourth-order valence-corrected chi connectivity index (χ4v) is 6.89. The molecule has 0 saturated carbocycles. The molecule has 1 fully saturated rings. The van der Waals surface area contributed by atoms with Crippen molar-refractivity contribution < 1.29 is 29.4 Å². The number of β-lactam (4-membered cyclic amide) rings is 1. The van der Waals surface area contributed by atoms with Crippen molar-refractivity contribution in [3.05, 3.63) is 41.1 Å². The van der Waals surface area contributed by atoms with Crippen LogP contribution >= 0.6 is 35.3 Å². The van der Waals surface area contributed by atoms with E-state index in [1.54, 1.807) is 0 Å². The van der Waals surface area contributed by atoms with E-state index in [4.69, 9.17) is 10.8 Å². The van der Waals surface area contributed by atoms with Gasteiger partial charge in [0.25, 0.3) is 5.91 Å². The van der Waals surface area contributed by atoms with Gasteiger partial charge in [0.15, 0.2) is 0 Å². The van der Waals surface area contributed by atoms with Gasteiger partial charge in [-0.25, -0.2) is 9.48 Å².